The lowest BCUT2D eigenvalue weighted by Gasteiger charge is -2.33. The monoisotopic (exact) mass is 504 g/mol. The second kappa shape index (κ2) is 9.31. The van der Waals surface area contributed by atoms with Crippen LogP contribution in [0.1, 0.15) is 52.7 Å². The van der Waals surface area contributed by atoms with Gasteiger partial charge in [-0.2, -0.15) is 13.2 Å². The number of hydrogen-bond acceptors (Lipinski definition) is 5. The number of fused-ring (bicyclic) bond motifs is 2. The quantitative estimate of drug-likeness (QED) is 0.641. The van der Waals surface area contributed by atoms with Gasteiger partial charge in [-0.25, -0.2) is 0 Å². The molecule has 0 spiro atoms. The van der Waals surface area contributed by atoms with Crippen molar-refractivity contribution in [2.24, 2.45) is 0 Å². The predicted octanol–water partition coefficient (Wildman–Crippen LogP) is 4.00. The van der Waals surface area contributed by atoms with Gasteiger partial charge in [0.15, 0.2) is 0 Å². The summed E-state index contributed by atoms with van der Waals surface area (Å²) in [6, 6.07) is 7.89. The Kier molecular flexibility index (Phi) is 6.32. The summed E-state index contributed by atoms with van der Waals surface area (Å²) in [4.78, 5) is 26.6. The average molecular weight is 505 g/mol. The molecule has 2 atom stereocenters. The summed E-state index contributed by atoms with van der Waals surface area (Å²) in [6.07, 6.45) is -3.95. The van der Waals surface area contributed by atoms with Gasteiger partial charge in [0.1, 0.15) is 17.6 Å². The number of alkyl halides is 3. The zero-order valence-electron chi connectivity index (χ0n) is 19.8. The summed E-state index contributed by atoms with van der Waals surface area (Å²) in [5, 5.41) is 9.08. The summed E-state index contributed by atoms with van der Waals surface area (Å²) in [6.45, 7) is 1.43. The summed E-state index contributed by atoms with van der Waals surface area (Å²) in [7, 11) is 1.69. The number of nitrogens with zero attached hydrogens (tertiary/aromatic N) is 2. The van der Waals surface area contributed by atoms with Crippen LogP contribution < -0.4 is 9.47 Å². The van der Waals surface area contributed by atoms with Crippen molar-refractivity contribution in [3.63, 3.8) is 0 Å². The number of carboxylic acids is 1. The molecule has 2 aliphatic heterocycles. The van der Waals surface area contributed by atoms with Crippen molar-refractivity contribution in [1.82, 2.24) is 9.80 Å². The van der Waals surface area contributed by atoms with Crippen LogP contribution in [0.15, 0.2) is 30.3 Å². The number of carbonyl (C=O) groups is 2. The van der Waals surface area contributed by atoms with E-state index in [0.29, 0.717) is 43.0 Å². The molecule has 1 fully saturated rings. The van der Waals surface area contributed by atoms with Crippen LogP contribution in [0.25, 0.3) is 0 Å². The van der Waals surface area contributed by atoms with E-state index in [1.165, 1.54) is 6.07 Å². The molecule has 2 aromatic carbocycles. The van der Waals surface area contributed by atoms with Crippen molar-refractivity contribution in [2.75, 3.05) is 33.3 Å². The standard InChI is InChI=1S/C26H27F3N2O5/c1-30-8-9-31(13-24(30)32)12-20-18-5-7-22(19(18)4-6-21(20)26(27,28)29)36-16-2-3-17-15(10-25(33)34)14-35-23(17)11-16/h2-4,6,11,15,22H,5,7-10,12-14H2,1H3,(H,33,34)/t15?,22-/m1/s1. The third-order valence-electron chi connectivity index (χ3n) is 7.26. The highest BCUT2D eigenvalue weighted by molar-refractivity contribution is 5.78. The SMILES string of the molecule is CN1CCN(Cc2c(C(F)(F)F)ccc3c2CC[C@H]3Oc2ccc3c(c2)OCC3CC(=O)O)CC1=O. The summed E-state index contributed by atoms with van der Waals surface area (Å²) >= 11 is 0. The third-order valence-corrected chi connectivity index (χ3v) is 7.26. The molecule has 192 valence electrons. The second-order valence-corrected chi connectivity index (χ2v) is 9.63. The Balaban J connectivity index is 1.39. The van der Waals surface area contributed by atoms with Crippen LogP contribution in [0, 0.1) is 0 Å². The van der Waals surface area contributed by atoms with Gasteiger partial charge < -0.3 is 19.5 Å². The first-order valence-electron chi connectivity index (χ1n) is 11.9. The maximum absolute atomic E-state index is 13.9. The Hall–Kier alpha value is -3.27. The smallest absolute Gasteiger partial charge is 0.416 e. The fourth-order valence-corrected chi connectivity index (χ4v) is 5.35. The molecular weight excluding hydrogens is 477 g/mol. The van der Waals surface area contributed by atoms with Crippen LogP contribution in [0.5, 0.6) is 11.5 Å². The van der Waals surface area contributed by atoms with Crippen molar-refractivity contribution < 1.29 is 37.3 Å². The molecule has 0 saturated carbocycles. The number of amides is 1. The molecule has 0 aromatic heterocycles. The van der Waals surface area contributed by atoms with Gasteiger partial charge in [-0.3, -0.25) is 14.5 Å². The molecule has 3 aliphatic rings. The van der Waals surface area contributed by atoms with Gasteiger partial charge >= 0.3 is 12.1 Å². The summed E-state index contributed by atoms with van der Waals surface area (Å²) in [5.41, 5.74) is 1.74. The average Bonchev–Trinajstić information content (AvgIpc) is 3.39. The number of hydrogen-bond donors (Lipinski definition) is 1. The molecule has 0 bridgehead atoms. The Bertz CT molecular complexity index is 1200. The highest BCUT2D eigenvalue weighted by atomic mass is 19.4. The van der Waals surface area contributed by atoms with Crippen LogP contribution >= 0.6 is 0 Å². The largest absolute Gasteiger partial charge is 0.492 e. The maximum Gasteiger partial charge on any atom is 0.416 e. The minimum absolute atomic E-state index is 0.0214. The topological polar surface area (TPSA) is 79.3 Å². The van der Waals surface area contributed by atoms with E-state index in [1.807, 2.05) is 0 Å². The summed E-state index contributed by atoms with van der Waals surface area (Å²) < 4.78 is 53.6. The fraction of sp³-hybridized carbons (Fsp3) is 0.462. The minimum Gasteiger partial charge on any atom is -0.492 e. The zero-order chi connectivity index (χ0) is 25.6. The van der Waals surface area contributed by atoms with Gasteiger partial charge in [0.05, 0.1) is 25.1 Å². The lowest BCUT2D eigenvalue weighted by Crippen LogP contribution is -2.48. The van der Waals surface area contributed by atoms with Crippen molar-refractivity contribution >= 4 is 11.9 Å². The van der Waals surface area contributed by atoms with E-state index in [1.54, 1.807) is 35.0 Å². The predicted molar refractivity (Wildman–Crippen MR) is 123 cm³/mol. The molecule has 2 aromatic rings. The molecule has 1 N–H and O–H groups in total. The Labute approximate surface area is 206 Å². The van der Waals surface area contributed by atoms with E-state index in [2.05, 4.69) is 0 Å². The van der Waals surface area contributed by atoms with Gasteiger partial charge in [0, 0.05) is 44.2 Å². The number of carboxylic acid groups (broad SMARTS) is 1. The van der Waals surface area contributed by atoms with Crippen molar-refractivity contribution in [3.05, 3.63) is 58.1 Å². The van der Waals surface area contributed by atoms with Crippen LogP contribution in [0.2, 0.25) is 0 Å². The number of benzene rings is 2. The molecule has 1 aliphatic carbocycles. The molecule has 1 unspecified atom stereocenters. The lowest BCUT2D eigenvalue weighted by atomic mass is 9.96. The number of piperazine rings is 1. The highest BCUT2D eigenvalue weighted by Gasteiger charge is 2.38. The van der Waals surface area contributed by atoms with E-state index in [0.717, 1.165) is 17.2 Å². The molecule has 1 amide bonds. The number of rotatable bonds is 6. The van der Waals surface area contributed by atoms with E-state index in [4.69, 9.17) is 14.6 Å². The number of halogens is 3. The number of aliphatic carboxylic acids is 1. The first kappa shape index (κ1) is 24.4. The minimum atomic E-state index is -4.50. The third kappa shape index (κ3) is 4.74. The van der Waals surface area contributed by atoms with E-state index < -0.39 is 23.8 Å². The fourth-order valence-electron chi connectivity index (χ4n) is 5.35. The molecule has 5 rings (SSSR count). The van der Waals surface area contributed by atoms with Crippen LogP contribution in [-0.2, 0) is 28.7 Å². The molecule has 7 nitrogen and oxygen atoms in total. The van der Waals surface area contributed by atoms with Crippen LogP contribution in [0.3, 0.4) is 0 Å². The molecular formula is C26H27F3N2O5. The number of ether oxygens (including phenoxy) is 2. The van der Waals surface area contributed by atoms with Crippen LogP contribution in [0.4, 0.5) is 13.2 Å². The van der Waals surface area contributed by atoms with Gasteiger partial charge in [-0.05, 0) is 41.7 Å². The number of likely N-dealkylation sites (N-methyl/N-ethyl adjacent to an activating group) is 1. The first-order valence-corrected chi connectivity index (χ1v) is 11.9. The normalized spacial score (nSPS) is 21.8. The Morgan fingerprint density at radius 2 is 1.97 bits per heavy atom. The van der Waals surface area contributed by atoms with Crippen LogP contribution in [-0.4, -0.2) is 60.1 Å². The lowest BCUT2D eigenvalue weighted by molar-refractivity contribution is -0.139. The second-order valence-electron chi connectivity index (χ2n) is 9.63. The van der Waals surface area contributed by atoms with E-state index in [9.17, 15) is 22.8 Å². The van der Waals surface area contributed by atoms with Crippen molar-refractivity contribution in [1.29, 1.82) is 0 Å². The van der Waals surface area contributed by atoms with Gasteiger partial charge in [-0.1, -0.05) is 12.1 Å². The van der Waals surface area contributed by atoms with E-state index >= 15 is 0 Å². The zero-order valence-corrected chi connectivity index (χ0v) is 19.8. The van der Waals surface area contributed by atoms with Gasteiger partial charge in [0.2, 0.25) is 5.91 Å². The molecule has 0 radical (unpaired) electrons. The molecule has 1 saturated heterocycles. The number of carbonyl (C=O) groups excluding carboxylic acids is 1. The molecule has 2 heterocycles. The maximum atomic E-state index is 13.9. The molecule has 10 heteroatoms. The highest BCUT2D eigenvalue weighted by Crippen LogP contribution is 2.44. The van der Waals surface area contributed by atoms with Crippen molar-refractivity contribution in [2.45, 2.75) is 44.0 Å². The van der Waals surface area contributed by atoms with Crippen molar-refractivity contribution in [3.8, 4) is 11.5 Å². The summed E-state index contributed by atoms with van der Waals surface area (Å²) in [5.74, 6) is -0.121. The Morgan fingerprint density at radius 3 is 2.69 bits per heavy atom. The Morgan fingerprint density at radius 1 is 1.19 bits per heavy atom. The van der Waals surface area contributed by atoms with Gasteiger partial charge in [0.25, 0.3) is 0 Å². The van der Waals surface area contributed by atoms with Gasteiger partial charge in [-0.15, -0.1) is 0 Å². The first-order chi connectivity index (χ1) is 17.1. The van der Waals surface area contributed by atoms with E-state index in [-0.39, 0.29) is 43.5 Å². The molecule has 36 heavy (non-hydrogen) atoms.